The number of halogens is 1. The smallest absolute Gasteiger partial charge is 0.261 e. The van der Waals surface area contributed by atoms with E-state index in [0.717, 1.165) is 27.6 Å². The lowest BCUT2D eigenvalue weighted by Gasteiger charge is -2.29. The van der Waals surface area contributed by atoms with Gasteiger partial charge in [-0.25, -0.2) is 0 Å². The minimum atomic E-state index is -0.608. The zero-order chi connectivity index (χ0) is 22.3. The van der Waals surface area contributed by atoms with Gasteiger partial charge in [-0.15, -0.1) is 0 Å². The molecule has 30 heavy (non-hydrogen) atoms. The summed E-state index contributed by atoms with van der Waals surface area (Å²) in [4.78, 5) is 27.3. The minimum Gasteiger partial charge on any atom is -0.484 e. The van der Waals surface area contributed by atoms with E-state index in [0.29, 0.717) is 12.3 Å². The third-order valence-corrected chi connectivity index (χ3v) is 6.02. The maximum Gasteiger partial charge on any atom is 0.261 e. The van der Waals surface area contributed by atoms with Crippen molar-refractivity contribution in [3.05, 3.63) is 63.6 Å². The molecule has 0 radical (unpaired) electrons. The number of ether oxygens (including phenoxy) is 1. The molecule has 0 heterocycles. The van der Waals surface area contributed by atoms with Crippen LogP contribution in [0.4, 0.5) is 0 Å². The van der Waals surface area contributed by atoms with Gasteiger partial charge in [-0.2, -0.15) is 0 Å². The van der Waals surface area contributed by atoms with E-state index in [1.54, 1.807) is 11.8 Å². The quantitative estimate of drug-likeness (QED) is 0.568. The minimum absolute atomic E-state index is 0.0540. The highest BCUT2D eigenvalue weighted by atomic mass is 79.9. The number of benzene rings is 2. The number of aryl methyl sites for hydroxylation is 2. The first-order chi connectivity index (χ1) is 14.2. The fourth-order valence-electron chi connectivity index (χ4n) is 2.87. The molecule has 0 fully saturated rings. The molecule has 1 N–H and O–H groups in total. The Kier molecular flexibility index (Phi) is 8.90. The Morgan fingerprint density at radius 3 is 2.37 bits per heavy atom. The summed E-state index contributed by atoms with van der Waals surface area (Å²) in [5.41, 5.74) is 3.14. The van der Waals surface area contributed by atoms with Crippen molar-refractivity contribution in [2.24, 2.45) is 0 Å². The monoisotopic (exact) mass is 474 g/mol. The predicted octanol–water partition coefficient (Wildman–Crippen LogP) is 4.78. The first-order valence-electron chi connectivity index (χ1n) is 10.3. The Hall–Kier alpha value is -2.34. The summed E-state index contributed by atoms with van der Waals surface area (Å²) < 4.78 is 6.71. The maximum absolute atomic E-state index is 13.1. The highest BCUT2D eigenvalue weighted by Crippen LogP contribution is 2.22. The standard InChI is InChI=1S/C24H31BrN2O3/c1-6-18(4)26-24(29)19(5)27(14-20-9-7-16(2)8-10-20)23(28)15-30-21-11-12-22(25)17(3)13-21/h7-13,18-19H,6,14-15H2,1-5H3,(H,26,29)/t18-,19-/m1/s1. The van der Waals surface area contributed by atoms with E-state index in [4.69, 9.17) is 4.74 Å². The van der Waals surface area contributed by atoms with Crippen LogP contribution in [0.3, 0.4) is 0 Å². The van der Waals surface area contributed by atoms with Gasteiger partial charge in [0, 0.05) is 17.1 Å². The van der Waals surface area contributed by atoms with E-state index in [-0.39, 0.29) is 24.5 Å². The van der Waals surface area contributed by atoms with Gasteiger partial charge in [-0.1, -0.05) is 52.7 Å². The van der Waals surface area contributed by atoms with Crippen LogP contribution in [0.1, 0.15) is 43.9 Å². The number of hydrogen-bond acceptors (Lipinski definition) is 3. The van der Waals surface area contributed by atoms with Gasteiger partial charge in [0.15, 0.2) is 6.61 Å². The Bertz CT molecular complexity index is 867. The molecule has 0 saturated carbocycles. The first kappa shape index (κ1) is 23.9. The van der Waals surface area contributed by atoms with Gasteiger partial charge >= 0.3 is 0 Å². The molecule has 162 valence electrons. The van der Waals surface area contributed by atoms with Crippen molar-refractivity contribution in [2.75, 3.05) is 6.61 Å². The molecule has 0 bridgehead atoms. The van der Waals surface area contributed by atoms with Crippen molar-refractivity contribution < 1.29 is 14.3 Å². The average molecular weight is 475 g/mol. The second-order valence-corrected chi connectivity index (χ2v) is 8.56. The van der Waals surface area contributed by atoms with Gasteiger partial charge in [0.05, 0.1) is 0 Å². The van der Waals surface area contributed by atoms with E-state index >= 15 is 0 Å². The van der Waals surface area contributed by atoms with Crippen LogP contribution in [-0.2, 0) is 16.1 Å². The molecular weight excluding hydrogens is 444 g/mol. The van der Waals surface area contributed by atoms with Crippen molar-refractivity contribution in [3.8, 4) is 5.75 Å². The normalized spacial score (nSPS) is 12.7. The molecule has 6 heteroatoms. The number of nitrogens with one attached hydrogen (secondary N) is 1. The zero-order valence-corrected chi connectivity index (χ0v) is 20.0. The van der Waals surface area contributed by atoms with Crippen LogP contribution in [0.15, 0.2) is 46.9 Å². The first-order valence-corrected chi connectivity index (χ1v) is 11.0. The van der Waals surface area contributed by atoms with Crippen molar-refractivity contribution in [2.45, 2.75) is 59.7 Å². The fourth-order valence-corrected chi connectivity index (χ4v) is 3.12. The highest BCUT2D eigenvalue weighted by Gasteiger charge is 2.27. The summed E-state index contributed by atoms with van der Waals surface area (Å²) >= 11 is 3.46. The molecule has 2 amide bonds. The Morgan fingerprint density at radius 2 is 1.77 bits per heavy atom. The number of hydrogen-bond donors (Lipinski definition) is 1. The zero-order valence-electron chi connectivity index (χ0n) is 18.4. The van der Waals surface area contributed by atoms with Crippen molar-refractivity contribution in [1.82, 2.24) is 10.2 Å². The van der Waals surface area contributed by atoms with Gasteiger partial charge in [-0.3, -0.25) is 9.59 Å². The second-order valence-electron chi connectivity index (χ2n) is 7.70. The number of amides is 2. The van der Waals surface area contributed by atoms with E-state index in [1.165, 1.54) is 0 Å². The molecule has 5 nitrogen and oxygen atoms in total. The molecule has 2 aromatic carbocycles. The van der Waals surface area contributed by atoms with Crippen molar-refractivity contribution in [1.29, 1.82) is 0 Å². The van der Waals surface area contributed by atoms with E-state index in [1.807, 2.05) is 70.2 Å². The third kappa shape index (κ3) is 6.87. The number of rotatable bonds is 9. The van der Waals surface area contributed by atoms with E-state index in [9.17, 15) is 9.59 Å². The summed E-state index contributed by atoms with van der Waals surface area (Å²) in [5, 5.41) is 2.97. The third-order valence-electron chi connectivity index (χ3n) is 5.13. The summed E-state index contributed by atoms with van der Waals surface area (Å²) in [7, 11) is 0. The Balaban J connectivity index is 2.15. The lowest BCUT2D eigenvalue weighted by Crippen LogP contribution is -2.50. The average Bonchev–Trinajstić information content (AvgIpc) is 2.73. The maximum atomic E-state index is 13.1. The van der Waals surface area contributed by atoms with Crippen molar-refractivity contribution in [3.63, 3.8) is 0 Å². The summed E-state index contributed by atoms with van der Waals surface area (Å²) in [6.45, 7) is 9.92. The molecule has 0 aliphatic heterocycles. The van der Waals surface area contributed by atoms with E-state index < -0.39 is 6.04 Å². The van der Waals surface area contributed by atoms with Crippen molar-refractivity contribution >= 4 is 27.7 Å². The largest absolute Gasteiger partial charge is 0.484 e. The molecular formula is C24H31BrN2O3. The lowest BCUT2D eigenvalue weighted by molar-refractivity contribution is -0.142. The van der Waals surface area contributed by atoms with Crippen LogP contribution in [0.25, 0.3) is 0 Å². The predicted molar refractivity (Wildman–Crippen MR) is 123 cm³/mol. The van der Waals surface area contributed by atoms with Gasteiger partial charge in [0.1, 0.15) is 11.8 Å². The Morgan fingerprint density at radius 1 is 1.10 bits per heavy atom. The molecule has 0 unspecified atom stereocenters. The van der Waals surface area contributed by atoms with Crippen LogP contribution < -0.4 is 10.1 Å². The van der Waals surface area contributed by atoms with Gasteiger partial charge in [-0.05, 0) is 63.4 Å². The van der Waals surface area contributed by atoms with Crippen LogP contribution in [0.2, 0.25) is 0 Å². The number of nitrogens with zero attached hydrogens (tertiary/aromatic N) is 1. The van der Waals surface area contributed by atoms with E-state index in [2.05, 4.69) is 21.2 Å². The summed E-state index contributed by atoms with van der Waals surface area (Å²) in [5.74, 6) is 0.225. The summed E-state index contributed by atoms with van der Waals surface area (Å²) in [6, 6.07) is 13.0. The summed E-state index contributed by atoms with van der Waals surface area (Å²) in [6.07, 6.45) is 0.830. The van der Waals surface area contributed by atoms with Gasteiger partial charge in [0.25, 0.3) is 5.91 Å². The highest BCUT2D eigenvalue weighted by molar-refractivity contribution is 9.10. The number of carbonyl (C=O) groups is 2. The molecule has 0 aliphatic carbocycles. The molecule has 0 aromatic heterocycles. The van der Waals surface area contributed by atoms with Crippen LogP contribution >= 0.6 is 15.9 Å². The molecule has 0 aliphatic rings. The Labute approximate surface area is 187 Å². The SMILES string of the molecule is CC[C@@H](C)NC(=O)[C@@H](C)N(Cc1ccc(C)cc1)C(=O)COc1ccc(Br)c(C)c1. The molecule has 2 atom stereocenters. The number of carbonyl (C=O) groups excluding carboxylic acids is 2. The second kappa shape index (κ2) is 11.2. The van der Waals surface area contributed by atoms with Crippen LogP contribution in [0.5, 0.6) is 5.75 Å². The van der Waals surface area contributed by atoms with Crippen LogP contribution in [0, 0.1) is 13.8 Å². The van der Waals surface area contributed by atoms with Crippen LogP contribution in [-0.4, -0.2) is 35.4 Å². The molecule has 0 saturated heterocycles. The molecule has 0 spiro atoms. The molecule has 2 aromatic rings. The van der Waals surface area contributed by atoms with Gasteiger partial charge < -0.3 is 15.0 Å². The van der Waals surface area contributed by atoms with Gasteiger partial charge in [0.2, 0.25) is 5.91 Å². The fraction of sp³-hybridized carbons (Fsp3) is 0.417. The molecule has 2 rings (SSSR count). The lowest BCUT2D eigenvalue weighted by atomic mass is 10.1. The topological polar surface area (TPSA) is 58.6 Å².